The van der Waals surface area contributed by atoms with E-state index >= 15 is 0 Å². The normalized spacial score (nSPS) is 21.3. The Morgan fingerprint density at radius 2 is 2.10 bits per heavy atom. The van der Waals surface area contributed by atoms with Crippen LogP contribution in [0.25, 0.3) is 0 Å². The summed E-state index contributed by atoms with van der Waals surface area (Å²) in [6, 6.07) is 4.31. The number of carbonyl (C=O) groups excluding carboxylic acids is 1. The number of morpholine rings is 1. The first kappa shape index (κ1) is 22.2. The van der Waals surface area contributed by atoms with Crippen molar-refractivity contribution in [1.29, 1.82) is 0 Å². The number of thiazole rings is 1. The number of ether oxygens (including phenoxy) is 1. The van der Waals surface area contributed by atoms with Gasteiger partial charge in [0.05, 0.1) is 19.3 Å². The van der Waals surface area contributed by atoms with E-state index in [2.05, 4.69) is 32.2 Å². The lowest BCUT2D eigenvalue weighted by molar-refractivity contribution is -0.125. The van der Waals surface area contributed by atoms with Crippen molar-refractivity contribution in [2.45, 2.75) is 39.3 Å². The van der Waals surface area contributed by atoms with Crippen molar-refractivity contribution < 1.29 is 9.53 Å². The van der Waals surface area contributed by atoms with Crippen LogP contribution in [-0.2, 0) is 16.1 Å². The number of hydrogen-bond acceptors (Lipinski definition) is 7. The molecule has 8 heteroatoms. The van der Waals surface area contributed by atoms with Crippen molar-refractivity contribution in [3.8, 4) is 0 Å². The Bertz CT molecular complexity index is 821. The van der Waals surface area contributed by atoms with E-state index in [0.29, 0.717) is 5.92 Å². The molecular weight excluding hydrogens is 410 g/mol. The average Bonchev–Trinajstić information content (AvgIpc) is 3.33. The summed E-state index contributed by atoms with van der Waals surface area (Å²) in [6.07, 6.45) is 6.07. The van der Waals surface area contributed by atoms with E-state index < -0.39 is 0 Å². The first-order chi connectivity index (χ1) is 15.1. The summed E-state index contributed by atoms with van der Waals surface area (Å²) in [5.74, 6) is 1.46. The number of carbonyl (C=O) groups is 1. The van der Waals surface area contributed by atoms with Crippen LogP contribution < -0.4 is 10.2 Å². The van der Waals surface area contributed by atoms with Gasteiger partial charge in [-0.05, 0) is 36.9 Å². The van der Waals surface area contributed by atoms with Crippen LogP contribution in [0.15, 0.2) is 29.9 Å². The zero-order valence-corrected chi connectivity index (χ0v) is 19.3. The van der Waals surface area contributed by atoms with E-state index in [-0.39, 0.29) is 17.9 Å². The van der Waals surface area contributed by atoms with Gasteiger partial charge in [-0.3, -0.25) is 9.69 Å². The summed E-state index contributed by atoms with van der Waals surface area (Å²) in [5, 5.41) is 6.27. The Balaban J connectivity index is 1.39. The zero-order valence-electron chi connectivity index (χ0n) is 18.5. The number of rotatable bonds is 7. The number of amides is 1. The topological polar surface area (TPSA) is 70.6 Å². The van der Waals surface area contributed by atoms with Gasteiger partial charge in [0.1, 0.15) is 10.8 Å². The molecule has 0 bridgehead atoms. The maximum Gasteiger partial charge on any atom is 0.223 e. The largest absolute Gasteiger partial charge is 0.378 e. The van der Waals surface area contributed by atoms with Gasteiger partial charge in [-0.1, -0.05) is 19.9 Å². The third-order valence-electron chi connectivity index (χ3n) is 6.10. The van der Waals surface area contributed by atoms with Crippen LogP contribution in [0.2, 0.25) is 0 Å². The van der Waals surface area contributed by atoms with Crippen molar-refractivity contribution in [2.24, 2.45) is 11.8 Å². The Morgan fingerprint density at radius 3 is 2.77 bits per heavy atom. The third kappa shape index (κ3) is 5.81. The molecule has 0 unspecified atom stereocenters. The molecule has 2 saturated heterocycles. The van der Waals surface area contributed by atoms with Crippen LogP contribution in [0.4, 0.5) is 5.82 Å². The number of hydrogen-bond donors (Lipinski definition) is 1. The number of nitrogens with one attached hydrogen (secondary N) is 1. The van der Waals surface area contributed by atoms with Crippen molar-refractivity contribution in [3.05, 3.63) is 40.5 Å². The van der Waals surface area contributed by atoms with Gasteiger partial charge < -0.3 is 15.0 Å². The summed E-state index contributed by atoms with van der Waals surface area (Å²) < 4.78 is 5.43. The highest BCUT2D eigenvalue weighted by Gasteiger charge is 2.31. The van der Waals surface area contributed by atoms with Gasteiger partial charge in [0, 0.05) is 49.9 Å². The summed E-state index contributed by atoms with van der Waals surface area (Å²) in [7, 11) is 0. The van der Waals surface area contributed by atoms with Gasteiger partial charge in [0.15, 0.2) is 0 Å². The molecule has 1 amide bonds. The molecule has 4 heterocycles. The second kappa shape index (κ2) is 10.5. The molecule has 168 valence electrons. The SMILES string of the molecule is CC(C)C(=O)N[C@@H](c1nccs1)[C@@H]1CCCN(Cc2ccc(N3CCOCC3)nc2)C1. The van der Waals surface area contributed by atoms with Crippen LogP contribution >= 0.6 is 11.3 Å². The fraction of sp³-hybridized carbons (Fsp3) is 0.609. The average molecular weight is 444 g/mol. The van der Waals surface area contributed by atoms with Crippen molar-refractivity contribution >= 4 is 23.1 Å². The number of aromatic nitrogens is 2. The first-order valence-corrected chi connectivity index (χ1v) is 12.2. The van der Waals surface area contributed by atoms with Gasteiger partial charge in [-0.15, -0.1) is 11.3 Å². The summed E-state index contributed by atoms with van der Waals surface area (Å²) in [5.41, 5.74) is 1.23. The van der Waals surface area contributed by atoms with Crippen molar-refractivity contribution in [2.75, 3.05) is 44.3 Å². The highest BCUT2D eigenvalue weighted by Crippen LogP contribution is 2.32. The molecule has 7 nitrogen and oxygen atoms in total. The Kier molecular flexibility index (Phi) is 7.53. The molecule has 0 aromatic carbocycles. The van der Waals surface area contributed by atoms with Crippen molar-refractivity contribution in [3.63, 3.8) is 0 Å². The molecule has 2 atom stereocenters. The fourth-order valence-electron chi connectivity index (χ4n) is 4.34. The molecular formula is C23H33N5O2S. The highest BCUT2D eigenvalue weighted by atomic mass is 32.1. The number of anilines is 1. The highest BCUT2D eigenvalue weighted by molar-refractivity contribution is 7.09. The number of nitrogens with zero attached hydrogens (tertiary/aromatic N) is 4. The molecule has 0 aliphatic carbocycles. The van der Waals surface area contributed by atoms with E-state index in [1.54, 1.807) is 11.3 Å². The first-order valence-electron chi connectivity index (χ1n) is 11.3. The Hall–Kier alpha value is -2.03. The molecule has 0 spiro atoms. The minimum atomic E-state index is -0.0294. The lowest BCUT2D eigenvalue weighted by Crippen LogP contribution is -2.43. The number of pyridine rings is 1. The lowest BCUT2D eigenvalue weighted by Gasteiger charge is -2.37. The molecule has 0 saturated carbocycles. The lowest BCUT2D eigenvalue weighted by atomic mass is 9.90. The number of piperidine rings is 1. The van der Waals surface area contributed by atoms with E-state index in [0.717, 1.165) is 69.6 Å². The molecule has 2 aromatic rings. The van der Waals surface area contributed by atoms with Gasteiger partial charge in [-0.2, -0.15) is 0 Å². The monoisotopic (exact) mass is 443 g/mol. The molecule has 4 rings (SSSR count). The van der Waals surface area contributed by atoms with Crippen LogP contribution in [0.5, 0.6) is 0 Å². The summed E-state index contributed by atoms with van der Waals surface area (Å²) in [4.78, 5) is 26.5. The zero-order chi connectivity index (χ0) is 21.6. The third-order valence-corrected chi connectivity index (χ3v) is 6.96. The Morgan fingerprint density at radius 1 is 1.26 bits per heavy atom. The van der Waals surface area contributed by atoms with Gasteiger partial charge in [0.25, 0.3) is 0 Å². The standard InChI is InChI=1S/C23H33N5O2S/c1-17(2)22(29)26-21(23-24-7-13-31-23)19-4-3-8-27(16-19)15-18-5-6-20(25-14-18)28-9-11-30-12-10-28/h5-7,13-14,17,19,21H,3-4,8-12,15-16H2,1-2H3,(H,26,29)/t19-,21-/m1/s1. The second-order valence-corrected chi connectivity index (χ2v) is 9.70. The number of likely N-dealkylation sites (tertiary alicyclic amines) is 1. The van der Waals surface area contributed by atoms with Crippen LogP contribution in [0, 0.1) is 11.8 Å². The molecule has 2 aromatic heterocycles. The maximum absolute atomic E-state index is 12.5. The molecule has 1 N–H and O–H groups in total. The van der Waals surface area contributed by atoms with Crippen molar-refractivity contribution in [1.82, 2.24) is 20.2 Å². The van der Waals surface area contributed by atoms with E-state index in [1.807, 2.05) is 31.6 Å². The maximum atomic E-state index is 12.5. The smallest absolute Gasteiger partial charge is 0.223 e. The van der Waals surface area contributed by atoms with E-state index in [9.17, 15) is 4.79 Å². The minimum absolute atomic E-state index is 0.0143. The fourth-order valence-corrected chi connectivity index (χ4v) is 5.12. The van der Waals surface area contributed by atoms with Gasteiger partial charge >= 0.3 is 0 Å². The van der Waals surface area contributed by atoms with E-state index in [1.165, 1.54) is 5.56 Å². The summed E-state index contributed by atoms with van der Waals surface area (Å²) >= 11 is 1.63. The van der Waals surface area contributed by atoms with E-state index in [4.69, 9.17) is 9.72 Å². The molecule has 0 radical (unpaired) electrons. The molecule has 2 aliphatic heterocycles. The van der Waals surface area contributed by atoms with Gasteiger partial charge in [0.2, 0.25) is 5.91 Å². The quantitative estimate of drug-likeness (QED) is 0.709. The second-order valence-electron chi connectivity index (χ2n) is 8.77. The minimum Gasteiger partial charge on any atom is -0.378 e. The predicted octanol–water partition coefficient (Wildman–Crippen LogP) is 3.10. The molecule has 2 aliphatic rings. The summed E-state index contributed by atoms with van der Waals surface area (Å²) in [6.45, 7) is 10.1. The Labute approximate surface area is 188 Å². The van der Waals surface area contributed by atoms with Crippen LogP contribution in [-0.4, -0.2) is 60.2 Å². The van der Waals surface area contributed by atoms with Crippen LogP contribution in [0.1, 0.15) is 43.3 Å². The molecule has 2 fully saturated rings. The van der Waals surface area contributed by atoms with Crippen LogP contribution in [0.3, 0.4) is 0 Å². The van der Waals surface area contributed by atoms with Gasteiger partial charge in [-0.25, -0.2) is 9.97 Å². The predicted molar refractivity (Wildman–Crippen MR) is 123 cm³/mol. The molecule has 31 heavy (non-hydrogen) atoms.